The Hall–Kier alpha value is -1.87. The van der Waals surface area contributed by atoms with Gasteiger partial charge in [0.15, 0.2) is 0 Å². The fourth-order valence-electron chi connectivity index (χ4n) is 2.20. The highest BCUT2D eigenvalue weighted by Crippen LogP contribution is 2.05. The van der Waals surface area contributed by atoms with Gasteiger partial charge in [-0.15, -0.1) is 0 Å². The Morgan fingerprint density at radius 3 is 2.38 bits per heavy atom. The number of carbonyl (C=O) groups is 1. The Morgan fingerprint density at radius 1 is 0.923 bits per heavy atom. The summed E-state index contributed by atoms with van der Waals surface area (Å²) in [5.41, 5.74) is 0. The lowest BCUT2D eigenvalue weighted by atomic mass is 10.1. The molecule has 0 aromatic rings. The average Bonchev–Trinajstić information content (AvgIpc) is 2.65. The summed E-state index contributed by atoms with van der Waals surface area (Å²) < 4.78 is 4.60. The quantitative estimate of drug-likeness (QED) is 0.173. The SMILES string of the molecule is CC/C=C\C/C=C\C/C=C/C=C/[C@H](O)C/C=C\CCCCCC(=O)OC. The summed E-state index contributed by atoms with van der Waals surface area (Å²) in [6, 6.07) is 0. The number of esters is 1. The zero-order valence-corrected chi connectivity index (χ0v) is 16.5. The van der Waals surface area contributed by atoms with Gasteiger partial charge in [0.25, 0.3) is 0 Å². The fraction of sp³-hybridized carbons (Fsp3) is 0.522. The van der Waals surface area contributed by atoms with Crippen LogP contribution in [0.5, 0.6) is 0 Å². The van der Waals surface area contributed by atoms with Crippen LogP contribution in [0.15, 0.2) is 60.8 Å². The van der Waals surface area contributed by atoms with Crippen molar-refractivity contribution in [2.45, 2.75) is 70.8 Å². The van der Waals surface area contributed by atoms with Gasteiger partial charge in [-0.2, -0.15) is 0 Å². The smallest absolute Gasteiger partial charge is 0.305 e. The second-order valence-corrected chi connectivity index (χ2v) is 6.09. The van der Waals surface area contributed by atoms with E-state index in [0.29, 0.717) is 12.8 Å². The Labute approximate surface area is 159 Å². The van der Waals surface area contributed by atoms with Crippen LogP contribution in [-0.2, 0) is 9.53 Å². The van der Waals surface area contributed by atoms with Crippen LogP contribution in [0.4, 0.5) is 0 Å². The van der Waals surface area contributed by atoms with E-state index in [1.165, 1.54) is 7.11 Å². The van der Waals surface area contributed by atoms with Crippen LogP contribution in [0.25, 0.3) is 0 Å². The van der Waals surface area contributed by atoms with Crippen molar-refractivity contribution in [1.29, 1.82) is 0 Å². The van der Waals surface area contributed by atoms with Crippen molar-refractivity contribution < 1.29 is 14.6 Å². The molecule has 3 heteroatoms. The molecule has 0 amide bonds. The maximum Gasteiger partial charge on any atom is 0.305 e. The van der Waals surface area contributed by atoms with E-state index in [1.807, 2.05) is 24.3 Å². The van der Waals surface area contributed by atoms with Gasteiger partial charge in [0.2, 0.25) is 0 Å². The molecule has 0 aliphatic rings. The zero-order valence-electron chi connectivity index (χ0n) is 16.5. The first-order valence-electron chi connectivity index (χ1n) is 9.73. The summed E-state index contributed by atoms with van der Waals surface area (Å²) in [6.07, 6.45) is 28.2. The molecule has 0 bridgehead atoms. The maximum absolute atomic E-state index is 10.9. The van der Waals surface area contributed by atoms with Crippen molar-refractivity contribution in [3.05, 3.63) is 60.8 Å². The Kier molecular flexibility index (Phi) is 18.1. The lowest BCUT2D eigenvalue weighted by Gasteiger charge is -2.00. The lowest BCUT2D eigenvalue weighted by Crippen LogP contribution is -1.99. The van der Waals surface area contributed by atoms with Gasteiger partial charge in [-0.1, -0.05) is 74.1 Å². The maximum atomic E-state index is 10.9. The summed E-state index contributed by atoms with van der Waals surface area (Å²) in [6.45, 7) is 2.13. The van der Waals surface area contributed by atoms with Crippen LogP contribution in [0, 0.1) is 0 Å². The average molecular weight is 361 g/mol. The first-order chi connectivity index (χ1) is 12.7. The highest BCUT2D eigenvalue weighted by Gasteiger charge is 1.98. The van der Waals surface area contributed by atoms with Gasteiger partial charge in [-0.3, -0.25) is 4.79 Å². The Bertz CT molecular complexity index is 470. The third-order valence-electron chi connectivity index (χ3n) is 3.72. The third-order valence-corrected chi connectivity index (χ3v) is 3.72. The van der Waals surface area contributed by atoms with Gasteiger partial charge >= 0.3 is 5.97 Å². The second kappa shape index (κ2) is 19.5. The third kappa shape index (κ3) is 18.5. The molecule has 3 nitrogen and oxygen atoms in total. The monoisotopic (exact) mass is 360 g/mol. The van der Waals surface area contributed by atoms with Gasteiger partial charge in [-0.25, -0.2) is 0 Å². The molecular formula is C23H36O3. The summed E-state index contributed by atoms with van der Waals surface area (Å²) in [7, 11) is 1.42. The fourth-order valence-corrected chi connectivity index (χ4v) is 2.20. The predicted molar refractivity (Wildman–Crippen MR) is 111 cm³/mol. The molecule has 0 unspecified atom stereocenters. The number of hydrogen-bond donors (Lipinski definition) is 1. The van der Waals surface area contributed by atoms with Gasteiger partial charge in [0.05, 0.1) is 13.2 Å². The van der Waals surface area contributed by atoms with Crippen LogP contribution in [-0.4, -0.2) is 24.3 Å². The zero-order chi connectivity index (χ0) is 19.3. The standard InChI is InChI=1S/C23H36O3/c1-3-4-5-6-7-8-9-10-13-16-19-22(24)20-17-14-11-12-15-18-21-23(25)26-2/h4-5,7-8,10,13-14,16-17,19,22,24H,3,6,9,11-12,15,18,20-21H2,1-2H3/b5-4-,8-7-,13-10+,17-14-,19-16+/t22-/m0/s1. The predicted octanol–water partition coefficient (Wildman–Crippen LogP) is 5.83. The highest BCUT2D eigenvalue weighted by molar-refractivity contribution is 5.68. The second-order valence-electron chi connectivity index (χ2n) is 6.09. The molecule has 146 valence electrons. The topological polar surface area (TPSA) is 46.5 Å². The minimum atomic E-state index is -0.440. The number of hydrogen-bond acceptors (Lipinski definition) is 3. The van der Waals surface area contributed by atoms with E-state index in [0.717, 1.165) is 44.9 Å². The summed E-state index contributed by atoms with van der Waals surface area (Å²) >= 11 is 0. The summed E-state index contributed by atoms with van der Waals surface area (Å²) in [5.74, 6) is -0.135. The molecule has 0 heterocycles. The number of aliphatic hydroxyl groups is 1. The van der Waals surface area contributed by atoms with Crippen molar-refractivity contribution in [1.82, 2.24) is 0 Å². The van der Waals surface area contributed by atoms with Gasteiger partial charge in [0, 0.05) is 6.42 Å². The van der Waals surface area contributed by atoms with Crippen molar-refractivity contribution in [2.75, 3.05) is 7.11 Å². The molecule has 26 heavy (non-hydrogen) atoms. The molecule has 0 saturated carbocycles. The molecule has 1 atom stereocenters. The molecule has 0 saturated heterocycles. The molecule has 0 aliphatic heterocycles. The van der Waals surface area contributed by atoms with Crippen LogP contribution < -0.4 is 0 Å². The van der Waals surface area contributed by atoms with Crippen molar-refractivity contribution in [3.8, 4) is 0 Å². The van der Waals surface area contributed by atoms with Gasteiger partial charge in [-0.05, 0) is 44.9 Å². The van der Waals surface area contributed by atoms with Crippen LogP contribution in [0.3, 0.4) is 0 Å². The Balaban J connectivity index is 3.63. The van der Waals surface area contributed by atoms with Crippen molar-refractivity contribution in [2.24, 2.45) is 0 Å². The van der Waals surface area contributed by atoms with E-state index in [1.54, 1.807) is 0 Å². The van der Waals surface area contributed by atoms with Crippen LogP contribution in [0.1, 0.15) is 64.7 Å². The van der Waals surface area contributed by atoms with Crippen molar-refractivity contribution >= 4 is 5.97 Å². The van der Waals surface area contributed by atoms with Crippen LogP contribution >= 0.6 is 0 Å². The van der Waals surface area contributed by atoms with Crippen molar-refractivity contribution in [3.63, 3.8) is 0 Å². The molecule has 0 aromatic carbocycles. The molecule has 0 spiro atoms. The number of carbonyl (C=O) groups excluding carboxylic acids is 1. The Morgan fingerprint density at radius 2 is 1.65 bits per heavy atom. The number of unbranched alkanes of at least 4 members (excludes halogenated alkanes) is 3. The minimum Gasteiger partial charge on any atom is -0.469 e. The van der Waals surface area contributed by atoms with E-state index in [4.69, 9.17) is 0 Å². The largest absolute Gasteiger partial charge is 0.469 e. The molecule has 0 aliphatic carbocycles. The van der Waals surface area contributed by atoms with Gasteiger partial charge < -0.3 is 9.84 Å². The number of aliphatic hydroxyl groups excluding tert-OH is 1. The van der Waals surface area contributed by atoms with E-state index < -0.39 is 6.10 Å². The van der Waals surface area contributed by atoms with E-state index in [-0.39, 0.29) is 5.97 Å². The molecular weight excluding hydrogens is 324 g/mol. The normalized spacial score (nSPS) is 13.8. The molecule has 1 N–H and O–H groups in total. The summed E-state index contributed by atoms with van der Waals surface area (Å²) in [5, 5.41) is 9.86. The number of allylic oxidation sites excluding steroid dienone is 8. The molecule has 0 aromatic heterocycles. The van der Waals surface area contributed by atoms with Crippen LogP contribution in [0.2, 0.25) is 0 Å². The van der Waals surface area contributed by atoms with E-state index in [9.17, 15) is 9.90 Å². The molecule has 0 fully saturated rings. The number of methoxy groups -OCH3 is 1. The summed E-state index contributed by atoms with van der Waals surface area (Å²) in [4.78, 5) is 10.9. The lowest BCUT2D eigenvalue weighted by molar-refractivity contribution is -0.140. The first-order valence-corrected chi connectivity index (χ1v) is 9.73. The highest BCUT2D eigenvalue weighted by atomic mass is 16.5. The molecule has 0 rings (SSSR count). The molecule has 0 radical (unpaired) electrons. The first kappa shape index (κ1) is 24.1. The van der Waals surface area contributed by atoms with E-state index in [2.05, 4.69) is 48.1 Å². The minimum absolute atomic E-state index is 0.135. The number of ether oxygens (including phenoxy) is 1. The van der Waals surface area contributed by atoms with Gasteiger partial charge in [0.1, 0.15) is 0 Å². The number of rotatable bonds is 15. The van der Waals surface area contributed by atoms with E-state index >= 15 is 0 Å².